The van der Waals surface area contributed by atoms with Gasteiger partial charge in [0.25, 0.3) is 0 Å². The second-order valence-electron chi connectivity index (χ2n) is 2.88. The molecule has 0 aliphatic carbocycles. The number of fused-ring (bicyclic) bond motifs is 1. The predicted octanol–water partition coefficient (Wildman–Crippen LogP) is 1.14. The van der Waals surface area contributed by atoms with Crippen molar-refractivity contribution in [2.75, 3.05) is 5.32 Å². The molecule has 0 atom stereocenters. The van der Waals surface area contributed by atoms with Crippen LogP contribution in [0, 0.1) is 0 Å². The number of hydrogen-bond donors (Lipinski definition) is 1. The molecule has 1 aliphatic heterocycles. The van der Waals surface area contributed by atoms with E-state index >= 15 is 0 Å². The number of rotatable bonds is 1. The summed E-state index contributed by atoms with van der Waals surface area (Å²) in [6, 6.07) is 3.87. The molecule has 62 valence electrons. The second kappa shape index (κ2) is 2.59. The van der Waals surface area contributed by atoms with Crippen molar-refractivity contribution in [3.63, 3.8) is 0 Å². The largest absolute Gasteiger partial charge is 0.324 e. The Morgan fingerprint density at radius 3 is 3.17 bits per heavy atom. The molecule has 1 N–H and O–H groups in total. The first kappa shape index (κ1) is 7.28. The number of nitrogens with zero attached hydrogens (tertiary/aromatic N) is 1. The van der Waals surface area contributed by atoms with Crippen LogP contribution in [0.3, 0.4) is 0 Å². The molecule has 0 aromatic carbocycles. The van der Waals surface area contributed by atoms with E-state index in [0.29, 0.717) is 6.42 Å². The van der Waals surface area contributed by atoms with E-state index in [1.165, 1.54) is 0 Å². The van der Waals surface area contributed by atoms with Crippen molar-refractivity contribution in [1.29, 1.82) is 0 Å². The normalized spacial score (nSPS) is 14.2. The van der Waals surface area contributed by atoms with Crippen LogP contribution in [-0.4, -0.2) is 10.9 Å². The predicted molar refractivity (Wildman–Crippen MR) is 45.9 cm³/mol. The van der Waals surface area contributed by atoms with Crippen LogP contribution in [0.2, 0.25) is 0 Å². The van der Waals surface area contributed by atoms with Crippen LogP contribution in [-0.2, 0) is 17.6 Å². The van der Waals surface area contributed by atoms with E-state index in [2.05, 4.69) is 17.2 Å². The number of aromatic nitrogens is 1. The van der Waals surface area contributed by atoms with Crippen LogP contribution < -0.4 is 5.32 Å². The van der Waals surface area contributed by atoms with Gasteiger partial charge in [-0.15, -0.1) is 0 Å². The summed E-state index contributed by atoms with van der Waals surface area (Å²) in [6.07, 6.45) is 1.35. The highest BCUT2D eigenvalue weighted by Crippen LogP contribution is 2.20. The fraction of sp³-hybridized carbons (Fsp3) is 0.333. The molecule has 1 amide bonds. The highest BCUT2D eigenvalue weighted by Gasteiger charge is 2.18. The number of amides is 1. The Morgan fingerprint density at radius 1 is 1.58 bits per heavy atom. The molecule has 0 bridgehead atoms. The molecule has 2 heterocycles. The van der Waals surface area contributed by atoms with Gasteiger partial charge in [-0.05, 0) is 18.6 Å². The molecule has 0 spiro atoms. The number of anilines is 1. The van der Waals surface area contributed by atoms with Crippen LogP contribution in [0.25, 0.3) is 0 Å². The summed E-state index contributed by atoms with van der Waals surface area (Å²) in [7, 11) is 0. The van der Waals surface area contributed by atoms with Gasteiger partial charge in [0.15, 0.2) is 0 Å². The van der Waals surface area contributed by atoms with Crippen LogP contribution in [0.15, 0.2) is 12.1 Å². The maximum Gasteiger partial charge on any atom is 0.230 e. The van der Waals surface area contributed by atoms with E-state index in [0.717, 1.165) is 23.5 Å². The standard InChI is InChI=1S/C9H10N2O/c1-2-6-3-4-7-8(10-6)5-9(12)11-7/h3-4H,2,5H2,1H3,(H,11,12). The second-order valence-corrected chi connectivity index (χ2v) is 2.88. The third-order valence-corrected chi connectivity index (χ3v) is 2.00. The fourth-order valence-electron chi connectivity index (χ4n) is 1.34. The zero-order valence-corrected chi connectivity index (χ0v) is 6.92. The van der Waals surface area contributed by atoms with Gasteiger partial charge in [0.05, 0.1) is 17.8 Å². The first-order valence-electron chi connectivity index (χ1n) is 4.08. The molecule has 0 fully saturated rings. The smallest absolute Gasteiger partial charge is 0.230 e. The Kier molecular flexibility index (Phi) is 1.57. The summed E-state index contributed by atoms with van der Waals surface area (Å²) in [5.41, 5.74) is 2.81. The molecule has 0 unspecified atom stereocenters. The van der Waals surface area contributed by atoms with Crippen molar-refractivity contribution in [2.45, 2.75) is 19.8 Å². The van der Waals surface area contributed by atoms with Gasteiger partial charge in [0, 0.05) is 5.69 Å². The third-order valence-electron chi connectivity index (χ3n) is 2.00. The van der Waals surface area contributed by atoms with Crippen molar-refractivity contribution in [2.24, 2.45) is 0 Å². The molecular weight excluding hydrogens is 152 g/mol. The number of carbonyl (C=O) groups is 1. The van der Waals surface area contributed by atoms with Crippen molar-refractivity contribution in [1.82, 2.24) is 4.98 Å². The molecule has 1 aliphatic rings. The number of aryl methyl sites for hydroxylation is 1. The number of carbonyl (C=O) groups excluding carboxylic acids is 1. The quantitative estimate of drug-likeness (QED) is 0.672. The molecule has 3 nitrogen and oxygen atoms in total. The Bertz CT molecular complexity index is 333. The highest BCUT2D eigenvalue weighted by atomic mass is 16.1. The van der Waals surface area contributed by atoms with Crippen LogP contribution >= 0.6 is 0 Å². The average molecular weight is 162 g/mol. The summed E-state index contributed by atoms with van der Waals surface area (Å²) in [6.45, 7) is 2.05. The number of pyridine rings is 1. The molecule has 0 saturated heterocycles. The molecular formula is C9H10N2O. The Morgan fingerprint density at radius 2 is 2.42 bits per heavy atom. The molecule has 1 aromatic rings. The molecule has 2 rings (SSSR count). The van der Waals surface area contributed by atoms with Gasteiger partial charge < -0.3 is 5.32 Å². The van der Waals surface area contributed by atoms with Crippen molar-refractivity contribution in [3.8, 4) is 0 Å². The van der Waals surface area contributed by atoms with Crippen LogP contribution in [0.1, 0.15) is 18.3 Å². The summed E-state index contributed by atoms with van der Waals surface area (Å²) in [5, 5.41) is 2.75. The topological polar surface area (TPSA) is 42.0 Å². The summed E-state index contributed by atoms with van der Waals surface area (Å²) < 4.78 is 0. The van der Waals surface area contributed by atoms with Gasteiger partial charge in [-0.3, -0.25) is 9.78 Å². The van der Waals surface area contributed by atoms with E-state index in [1.807, 2.05) is 12.1 Å². The van der Waals surface area contributed by atoms with Gasteiger partial charge in [0.1, 0.15) is 0 Å². The minimum absolute atomic E-state index is 0.0470. The Labute approximate surface area is 70.8 Å². The van der Waals surface area contributed by atoms with Gasteiger partial charge >= 0.3 is 0 Å². The lowest BCUT2D eigenvalue weighted by Gasteiger charge is -1.99. The first-order chi connectivity index (χ1) is 5.79. The molecule has 3 heteroatoms. The van der Waals surface area contributed by atoms with E-state index in [4.69, 9.17) is 0 Å². The maximum atomic E-state index is 10.9. The zero-order chi connectivity index (χ0) is 8.55. The number of hydrogen-bond acceptors (Lipinski definition) is 2. The van der Waals surface area contributed by atoms with Crippen molar-refractivity contribution in [3.05, 3.63) is 23.5 Å². The Hall–Kier alpha value is -1.38. The zero-order valence-electron chi connectivity index (χ0n) is 6.92. The SMILES string of the molecule is CCc1ccc2c(n1)CC(=O)N2. The third kappa shape index (κ3) is 1.07. The minimum atomic E-state index is 0.0470. The van der Waals surface area contributed by atoms with E-state index in [-0.39, 0.29) is 5.91 Å². The van der Waals surface area contributed by atoms with E-state index < -0.39 is 0 Å². The molecule has 0 radical (unpaired) electrons. The first-order valence-corrected chi connectivity index (χ1v) is 4.08. The monoisotopic (exact) mass is 162 g/mol. The molecule has 1 aromatic heterocycles. The lowest BCUT2D eigenvalue weighted by Crippen LogP contribution is -2.03. The average Bonchev–Trinajstić information content (AvgIpc) is 2.43. The van der Waals surface area contributed by atoms with Crippen LogP contribution in [0.4, 0.5) is 5.69 Å². The van der Waals surface area contributed by atoms with Gasteiger partial charge in [-0.25, -0.2) is 0 Å². The van der Waals surface area contributed by atoms with Gasteiger partial charge in [-0.1, -0.05) is 6.92 Å². The number of nitrogens with one attached hydrogen (secondary N) is 1. The lowest BCUT2D eigenvalue weighted by molar-refractivity contribution is -0.115. The van der Waals surface area contributed by atoms with E-state index in [9.17, 15) is 4.79 Å². The summed E-state index contributed by atoms with van der Waals surface area (Å²) in [5.74, 6) is 0.0470. The van der Waals surface area contributed by atoms with Crippen molar-refractivity contribution < 1.29 is 4.79 Å². The Balaban J connectivity index is 2.41. The summed E-state index contributed by atoms with van der Waals surface area (Å²) in [4.78, 5) is 15.3. The molecule has 0 saturated carbocycles. The summed E-state index contributed by atoms with van der Waals surface area (Å²) >= 11 is 0. The van der Waals surface area contributed by atoms with Gasteiger partial charge in [0.2, 0.25) is 5.91 Å². The van der Waals surface area contributed by atoms with Crippen LogP contribution in [0.5, 0.6) is 0 Å². The minimum Gasteiger partial charge on any atom is -0.324 e. The maximum absolute atomic E-state index is 10.9. The molecule has 12 heavy (non-hydrogen) atoms. The van der Waals surface area contributed by atoms with Gasteiger partial charge in [-0.2, -0.15) is 0 Å². The van der Waals surface area contributed by atoms with Crippen molar-refractivity contribution >= 4 is 11.6 Å². The fourth-order valence-corrected chi connectivity index (χ4v) is 1.34. The highest BCUT2D eigenvalue weighted by molar-refractivity contribution is 5.98. The lowest BCUT2D eigenvalue weighted by atomic mass is 10.2. The van der Waals surface area contributed by atoms with E-state index in [1.54, 1.807) is 0 Å².